The van der Waals surface area contributed by atoms with Gasteiger partial charge in [0.05, 0.1) is 0 Å². The van der Waals surface area contributed by atoms with E-state index < -0.39 is 37.9 Å². The SMILES string of the molecule is CC(C)(C)OC(=O)CS(=O)(=O)c1ccccc1F. The Hall–Kier alpha value is -1.43. The summed E-state index contributed by atoms with van der Waals surface area (Å²) in [6.45, 7) is 4.88. The fourth-order valence-electron chi connectivity index (χ4n) is 1.30. The lowest BCUT2D eigenvalue weighted by Gasteiger charge is -2.19. The molecule has 0 spiro atoms. The smallest absolute Gasteiger partial charge is 0.322 e. The predicted molar refractivity (Wildman–Crippen MR) is 64.3 cm³/mol. The first kappa shape index (κ1) is 14.6. The molecule has 0 saturated carbocycles. The van der Waals surface area contributed by atoms with Crippen LogP contribution in [0.4, 0.5) is 4.39 Å². The fourth-order valence-corrected chi connectivity index (χ4v) is 2.48. The summed E-state index contributed by atoms with van der Waals surface area (Å²) in [4.78, 5) is 10.9. The van der Waals surface area contributed by atoms with Crippen molar-refractivity contribution in [2.24, 2.45) is 0 Å². The molecule has 0 amide bonds. The molecule has 0 saturated heterocycles. The number of carbonyl (C=O) groups is 1. The van der Waals surface area contributed by atoms with Gasteiger partial charge >= 0.3 is 5.97 Å². The Balaban J connectivity index is 2.91. The highest BCUT2D eigenvalue weighted by Gasteiger charge is 2.26. The highest BCUT2D eigenvalue weighted by Crippen LogP contribution is 2.16. The number of halogens is 1. The van der Waals surface area contributed by atoms with Gasteiger partial charge in [-0.3, -0.25) is 4.79 Å². The summed E-state index contributed by atoms with van der Waals surface area (Å²) in [5.74, 6) is -2.64. The van der Waals surface area contributed by atoms with Gasteiger partial charge in [0.2, 0.25) is 0 Å². The normalized spacial score (nSPS) is 12.2. The number of sulfone groups is 1. The van der Waals surface area contributed by atoms with Crippen LogP contribution in [0.3, 0.4) is 0 Å². The molecule has 0 aliphatic heterocycles. The van der Waals surface area contributed by atoms with E-state index >= 15 is 0 Å². The summed E-state index contributed by atoms with van der Waals surface area (Å²) in [6.07, 6.45) is 0. The largest absolute Gasteiger partial charge is 0.459 e. The molecule has 18 heavy (non-hydrogen) atoms. The lowest BCUT2D eigenvalue weighted by Crippen LogP contribution is -2.28. The summed E-state index contributed by atoms with van der Waals surface area (Å²) in [7, 11) is -4.01. The Kier molecular flexibility index (Phi) is 4.11. The number of hydrogen-bond acceptors (Lipinski definition) is 4. The van der Waals surface area contributed by atoms with Crippen molar-refractivity contribution < 1.29 is 22.3 Å². The van der Waals surface area contributed by atoms with Gasteiger partial charge in [0.25, 0.3) is 0 Å². The average Bonchev–Trinajstić information content (AvgIpc) is 2.13. The first-order chi connectivity index (χ1) is 8.12. The zero-order valence-corrected chi connectivity index (χ0v) is 11.3. The molecule has 0 bridgehead atoms. The highest BCUT2D eigenvalue weighted by atomic mass is 32.2. The monoisotopic (exact) mass is 274 g/mol. The van der Waals surface area contributed by atoms with Crippen LogP contribution in [-0.4, -0.2) is 25.7 Å². The van der Waals surface area contributed by atoms with Crippen LogP contribution in [0.1, 0.15) is 20.8 Å². The van der Waals surface area contributed by atoms with Crippen molar-refractivity contribution in [3.05, 3.63) is 30.1 Å². The summed E-state index contributed by atoms with van der Waals surface area (Å²) >= 11 is 0. The Morgan fingerprint density at radius 3 is 2.33 bits per heavy atom. The third-order valence-corrected chi connectivity index (χ3v) is 3.52. The Bertz CT molecular complexity index is 543. The van der Waals surface area contributed by atoms with Crippen LogP contribution in [0.2, 0.25) is 0 Å². The first-order valence-corrected chi connectivity index (χ1v) is 6.96. The van der Waals surface area contributed by atoms with Gasteiger partial charge in [-0.25, -0.2) is 12.8 Å². The van der Waals surface area contributed by atoms with Crippen molar-refractivity contribution in [2.45, 2.75) is 31.3 Å². The van der Waals surface area contributed by atoms with E-state index in [0.717, 1.165) is 12.1 Å². The third kappa shape index (κ3) is 4.10. The zero-order chi connectivity index (χ0) is 14.0. The molecule has 1 rings (SSSR count). The van der Waals surface area contributed by atoms with Crippen LogP contribution < -0.4 is 0 Å². The molecular formula is C12H15FO4S. The Morgan fingerprint density at radius 1 is 1.28 bits per heavy atom. The molecule has 0 N–H and O–H groups in total. The van der Waals surface area contributed by atoms with E-state index in [0.29, 0.717) is 0 Å². The molecule has 0 radical (unpaired) electrons. The summed E-state index contributed by atoms with van der Waals surface area (Å²) in [6, 6.07) is 4.92. The van der Waals surface area contributed by atoms with Gasteiger partial charge in [0, 0.05) is 0 Å². The number of rotatable bonds is 3. The number of hydrogen-bond donors (Lipinski definition) is 0. The molecule has 6 heteroatoms. The van der Waals surface area contributed by atoms with Crippen molar-refractivity contribution in [1.29, 1.82) is 0 Å². The molecule has 100 valence electrons. The van der Waals surface area contributed by atoms with Crippen LogP contribution in [-0.2, 0) is 19.4 Å². The van der Waals surface area contributed by atoms with Crippen molar-refractivity contribution in [3.63, 3.8) is 0 Å². The summed E-state index contributed by atoms with van der Waals surface area (Å²) in [5, 5.41) is 0. The summed E-state index contributed by atoms with van der Waals surface area (Å²) in [5.41, 5.74) is -0.776. The minimum absolute atomic E-state index is 0.490. The molecule has 0 unspecified atom stereocenters. The highest BCUT2D eigenvalue weighted by molar-refractivity contribution is 7.92. The number of ether oxygens (including phenoxy) is 1. The van der Waals surface area contributed by atoms with Crippen LogP contribution >= 0.6 is 0 Å². The first-order valence-electron chi connectivity index (χ1n) is 5.31. The minimum atomic E-state index is -4.01. The van der Waals surface area contributed by atoms with Gasteiger partial charge in [-0.15, -0.1) is 0 Å². The second-order valence-electron chi connectivity index (χ2n) is 4.78. The molecule has 0 aromatic heterocycles. The van der Waals surface area contributed by atoms with Gasteiger partial charge in [-0.2, -0.15) is 0 Å². The van der Waals surface area contributed by atoms with Gasteiger partial charge in [-0.05, 0) is 32.9 Å². The maximum absolute atomic E-state index is 13.3. The van der Waals surface area contributed by atoms with Gasteiger partial charge < -0.3 is 4.74 Å². The fraction of sp³-hybridized carbons (Fsp3) is 0.417. The van der Waals surface area contributed by atoms with E-state index in [1.807, 2.05) is 0 Å². The second-order valence-corrected chi connectivity index (χ2v) is 6.73. The van der Waals surface area contributed by atoms with Gasteiger partial charge in [0.15, 0.2) is 15.6 Å². The number of benzene rings is 1. The van der Waals surface area contributed by atoms with Crippen molar-refractivity contribution in [2.75, 3.05) is 5.75 Å². The lowest BCUT2D eigenvalue weighted by molar-refractivity contribution is -0.151. The molecule has 0 heterocycles. The Morgan fingerprint density at radius 2 is 1.83 bits per heavy atom. The van der Waals surface area contributed by atoms with E-state index in [1.165, 1.54) is 12.1 Å². The maximum atomic E-state index is 13.3. The van der Waals surface area contributed by atoms with E-state index in [1.54, 1.807) is 20.8 Å². The lowest BCUT2D eigenvalue weighted by atomic mass is 10.2. The second kappa shape index (κ2) is 5.06. The minimum Gasteiger partial charge on any atom is -0.459 e. The van der Waals surface area contributed by atoms with Crippen molar-refractivity contribution in [1.82, 2.24) is 0 Å². The Labute approximate surface area is 106 Å². The predicted octanol–water partition coefficient (Wildman–Crippen LogP) is 1.94. The summed E-state index contributed by atoms with van der Waals surface area (Å²) < 4.78 is 41.9. The van der Waals surface area contributed by atoms with Crippen molar-refractivity contribution >= 4 is 15.8 Å². The van der Waals surface area contributed by atoms with E-state index in [2.05, 4.69) is 0 Å². The molecule has 1 aromatic carbocycles. The van der Waals surface area contributed by atoms with E-state index in [4.69, 9.17) is 4.74 Å². The van der Waals surface area contributed by atoms with Crippen molar-refractivity contribution in [3.8, 4) is 0 Å². The van der Waals surface area contributed by atoms with Crippen LogP contribution in [0.25, 0.3) is 0 Å². The van der Waals surface area contributed by atoms with Crippen LogP contribution in [0.5, 0.6) is 0 Å². The average molecular weight is 274 g/mol. The quantitative estimate of drug-likeness (QED) is 0.790. The van der Waals surface area contributed by atoms with Gasteiger partial charge in [0.1, 0.15) is 16.3 Å². The number of esters is 1. The van der Waals surface area contributed by atoms with Crippen LogP contribution in [0.15, 0.2) is 29.2 Å². The number of carbonyl (C=O) groups excluding carboxylic acids is 1. The van der Waals surface area contributed by atoms with E-state index in [-0.39, 0.29) is 0 Å². The zero-order valence-electron chi connectivity index (χ0n) is 10.4. The van der Waals surface area contributed by atoms with Gasteiger partial charge in [-0.1, -0.05) is 12.1 Å². The maximum Gasteiger partial charge on any atom is 0.322 e. The topological polar surface area (TPSA) is 60.4 Å². The molecular weight excluding hydrogens is 259 g/mol. The standard InChI is InChI=1S/C12H15FO4S/c1-12(2,3)17-11(14)8-18(15,16)10-7-5-4-6-9(10)13/h4-7H,8H2,1-3H3. The molecule has 0 fully saturated rings. The van der Waals surface area contributed by atoms with E-state index in [9.17, 15) is 17.6 Å². The third-order valence-electron chi connectivity index (χ3n) is 1.90. The molecule has 0 aliphatic carbocycles. The molecule has 1 aromatic rings. The van der Waals surface area contributed by atoms with Crippen LogP contribution in [0, 0.1) is 5.82 Å². The molecule has 0 atom stereocenters. The molecule has 0 aliphatic rings. The molecule has 4 nitrogen and oxygen atoms in total.